The number of unbranched alkanes of at least 4 members (excludes halogenated alkanes) is 2. The highest BCUT2D eigenvalue weighted by Crippen LogP contribution is 2.32. The molecule has 2 aromatic rings. The van der Waals surface area contributed by atoms with Gasteiger partial charge in [0.15, 0.2) is 0 Å². The first-order valence-corrected chi connectivity index (χ1v) is 14.9. The molecule has 0 bridgehead atoms. The van der Waals surface area contributed by atoms with E-state index < -0.39 is 0 Å². The summed E-state index contributed by atoms with van der Waals surface area (Å²) in [5.74, 6) is 1.90. The third-order valence-corrected chi connectivity index (χ3v) is 8.32. The quantitative estimate of drug-likeness (QED) is 0.141. The fourth-order valence-electron chi connectivity index (χ4n) is 5.41. The number of ether oxygens (including phenoxy) is 1. The van der Waals surface area contributed by atoms with E-state index in [0.717, 1.165) is 56.9 Å². The van der Waals surface area contributed by atoms with Crippen LogP contribution in [0.15, 0.2) is 35.7 Å². The van der Waals surface area contributed by atoms with Crippen molar-refractivity contribution in [1.82, 2.24) is 4.90 Å². The highest BCUT2D eigenvalue weighted by Gasteiger charge is 2.26. The van der Waals surface area contributed by atoms with E-state index in [9.17, 15) is 4.79 Å². The molecule has 1 heterocycles. The van der Waals surface area contributed by atoms with E-state index in [0.29, 0.717) is 18.4 Å². The van der Waals surface area contributed by atoms with Crippen molar-refractivity contribution < 1.29 is 9.53 Å². The number of hydrogen-bond donors (Lipinski definition) is 0. The molecule has 1 aromatic heterocycles. The van der Waals surface area contributed by atoms with E-state index in [-0.39, 0.29) is 5.97 Å². The Morgan fingerprint density at radius 1 is 1.09 bits per heavy atom. The van der Waals surface area contributed by atoms with Gasteiger partial charge in [0.25, 0.3) is 0 Å². The van der Waals surface area contributed by atoms with Gasteiger partial charge in [0, 0.05) is 23.9 Å². The summed E-state index contributed by atoms with van der Waals surface area (Å²) in [7, 11) is 0. The number of thiophene rings is 1. The van der Waals surface area contributed by atoms with Crippen molar-refractivity contribution in [2.45, 2.75) is 104 Å². The summed E-state index contributed by atoms with van der Waals surface area (Å²) in [6.07, 6.45) is 12.2. The zero-order chi connectivity index (χ0) is 25.0. The van der Waals surface area contributed by atoms with E-state index in [1.165, 1.54) is 48.1 Å². The number of esters is 1. The summed E-state index contributed by atoms with van der Waals surface area (Å²) < 4.78 is 5.93. The Kier molecular flexibility index (Phi) is 11.8. The van der Waals surface area contributed by atoms with Crippen molar-refractivity contribution in [1.29, 1.82) is 0 Å². The normalized spacial score (nSPS) is 16.5. The summed E-state index contributed by atoms with van der Waals surface area (Å²) in [5.41, 5.74) is 2.62. The number of nitrogens with zero attached hydrogens (tertiary/aromatic N) is 1. The molecule has 0 radical (unpaired) electrons. The molecule has 0 amide bonds. The second kappa shape index (κ2) is 14.8. The second-order valence-electron chi connectivity index (χ2n) is 11.0. The second-order valence-corrected chi connectivity index (χ2v) is 12.0. The van der Waals surface area contributed by atoms with Gasteiger partial charge >= 0.3 is 5.97 Å². The van der Waals surface area contributed by atoms with Gasteiger partial charge in [-0.2, -0.15) is 0 Å². The number of carbonyl (C=O) groups is 1. The van der Waals surface area contributed by atoms with Crippen LogP contribution in [0.3, 0.4) is 0 Å². The van der Waals surface area contributed by atoms with Crippen LogP contribution in [0.4, 0.5) is 0 Å². The van der Waals surface area contributed by atoms with Crippen LogP contribution < -0.4 is 4.74 Å². The van der Waals surface area contributed by atoms with Crippen LogP contribution in [-0.2, 0) is 24.1 Å². The first-order chi connectivity index (χ1) is 17.0. The summed E-state index contributed by atoms with van der Waals surface area (Å²) in [5, 5.41) is 2.17. The van der Waals surface area contributed by atoms with Gasteiger partial charge < -0.3 is 4.74 Å². The first-order valence-electron chi connectivity index (χ1n) is 14.0. The minimum Gasteiger partial charge on any atom is -0.426 e. The van der Waals surface area contributed by atoms with Gasteiger partial charge in [0.05, 0.1) is 0 Å². The summed E-state index contributed by atoms with van der Waals surface area (Å²) >= 11 is 1.86. The van der Waals surface area contributed by atoms with Gasteiger partial charge in [0.1, 0.15) is 5.75 Å². The molecule has 0 aliphatic heterocycles. The number of fused-ring (bicyclic) bond motifs is 1. The zero-order valence-corrected chi connectivity index (χ0v) is 23.4. The van der Waals surface area contributed by atoms with E-state index in [1.54, 1.807) is 0 Å². The lowest BCUT2D eigenvalue weighted by Gasteiger charge is -2.35. The summed E-state index contributed by atoms with van der Waals surface area (Å²) in [6.45, 7) is 11.3. The minimum atomic E-state index is -0.0706. The van der Waals surface area contributed by atoms with Crippen LogP contribution in [0.1, 0.15) is 95.1 Å². The van der Waals surface area contributed by atoms with Gasteiger partial charge in [-0.3, -0.25) is 9.69 Å². The van der Waals surface area contributed by atoms with Gasteiger partial charge in [-0.05, 0) is 79.1 Å². The zero-order valence-electron chi connectivity index (χ0n) is 22.6. The first kappa shape index (κ1) is 27.9. The third-order valence-electron chi connectivity index (χ3n) is 7.38. The van der Waals surface area contributed by atoms with Crippen LogP contribution in [0.25, 0.3) is 0 Å². The van der Waals surface area contributed by atoms with Gasteiger partial charge in [-0.25, -0.2) is 0 Å². The van der Waals surface area contributed by atoms with Crippen LogP contribution >= 0.6 is 11.3 Å². The highest BCUT2D eigenvalue weighted by atomic mass is 32.1. The van der Waals surface area contributed by atoms with Crippen molar-refractivity contribution in [2.75, 3.05) is 13.1 Å². The molecule has 35 heavy (non-hydrogen) atoms. The molecule has 1 aliphatic carbocycles. The molecule has 0 saturated carbocycles. The molecule has 1 aromatic carbocycles. The fraction of sp³-hybridized carbons (Fsp3) is 0.645. The Hall–Kier alpha value is -1.65. The molecule has 0 N–H and O–H groups in total. The maximum Gasteiger partial charge on any atom is 0.311 e. The number of carbonyl (C=O) groups excluding carboxylic acids is 1. The lowest BCUT2D eigenvalue weighted by Crippen LogP contribution is -2.41. The molecule has 194 valence electrons. The van der Waals surface area contributed by atoms with Crippen molar-refractivity contribution in [3.63, 3.8) is 0 Å². The Bertz CT molecular complexity index is 876. The Morgan fingerprint density at radius 2 is 1.91 bits per heavy atom. The average molecular weight is 498 g/mol. The molecule has 0 spiro atoms. The minimum absolute atomic E-state index is 0.0706. The molecule has 3 rings (SSSR count). The Labute approximate surface area is 218 Å². The van der Waals surface area contributed by atoms with Crippen molar-refractivity contribution in [3.05, 3.63) is 51.7 Å². The fourth-order valence-corrected chi connectivity index (χ4v) is 6.10. The van der Waals surface area contributed by atoms with E-state index in [1.807, 2.05) is 17.4 Å². The topological polar surface area (TPSA) is 29.5 Å². The van der Waals surface area contributed by atoms with E-state index >= 15 is 0 Å². The Morgan fingerprint density at radius 3 is 2.66 bits per heavy atom. The van der Waals surface area contributed by atoms with Gasteiger partial charge in [-0.1, -0.05) is 78.0 Å². The summed E-state index contributed by atoms with van der Waals surface area (Å²) in [6, 6.07) is 11.3. The maximum atomic E-state index is 12.7. The SMILES string of the molecule is CCCN(CCc1cccs1)C1CCc2c(cccc2OC(=O)CC(C)CCCCCC(C)C)C1. The standard InChI is InChI=1S/C31H47NO2S/c1-5-19-32(20-18-28-14-10-21-35-28)27-16-17-29-26(23-27)13-9-15-30(29)34-31(33)22-25(4)12-8-6-7-11-24(2)3/h9-10,13-15,21,24-25,27H,5-8,11-12,16-20,22-23H2,1-4H3. The molecule has 4 heteroatoms. The Balaban J connectivity index is 1.50. The molecule has 2 unspecified atom stereocenters. The van der Waals surface area contributed by atoms with Gasteiger partial charge in [0.2, 0.25) is 0 Å². The third kappa shape index (κ3) is 9.38. The number of rotatable bonds is 15. The predicted octanol–water partition coefficient (Wildman–Crippen LogP) is 8.10. The van der Waals surface area contributed by atoms with E-state index in [2.05, 4.69) is 62.2 Å². The lowest BCUT2D eigenvalue weighted by molar-refractivity contribution is -0.135. The molecule has 2 atom stereocenters. The smallest absolute Gasteiger partial charge is 0.311 e. The molecule has 0 fully saturated rings. The average Bonchev–Trinajstić information content (AvgIpc) is 3.35. The maximum absolute atomic E-state index is 12.7. The van der Waals surface area contributed by atoms with Crippen LogP contribution in [0.2, 0.25) is 0 Å². The molecular formula is C31H47NO2S. The molecule has 1 aliphatic rings. The van der Waals surface area contributed by atoms with Crippen LogP contribution in [0.5, 0.6) is 5.75 Å². The van der Waals surface area contributed by atoms with Crippen LogP contribution in [0, 0.1) is 11.8 Å². The highest BCUT2D eigenvalue weighted by molar-refractivity contribution is 7.09. The van der Waals surface area contributed by atoms with E-state index in [4.69, 9.17) is 4.74 Å². The molecule has 3 nitrogen and oxygen atoms in total. The number of hydrogen-bond acceptors (Lipinski definition) is 4. The predicted molar refractivity (Wildman–Crippen MR) is 149 cm³/mol. The molecule has 0 saturated heterocycles. The number of benzene rings is 1. The molecular weight excluding hydrogens is 450 g/mol. The monoisotopic (exact) mass is 497 g/mol. The van der Waals surface area contributed by atoms with Crippen molar-refractivity contribution in [3.8, 4) is 5.75 Å². The lowest BCUT2D eigenvalue weighted by atomic mass is 9.86. The van der Waals surface area contributed by atoms with Crippen molar-refractivity contribution >= 4 is 17.3 Å². The summed E-state index contributed by atoms with van der Waals surface area (Å²) in [4.78, 5) is 16.9. The van der Waals surface area contributed by atoms with Crippen LogP contribution in [-0.4, -0.2) is 30.0 Å². The van der Waals surface area contributed by atoms with Crippen molar-refractivity contribution in [2.24, 2.45) is 11.8 Å². The van der Waals surface area contributed by atoms with Gasteiger partial charge in [-0.15, -0.1) is 11.3 Å². The largest absolute Gasteiger partial charge is 0.426 e.